The molecule has 0 saturated carbocycles. The van der Waals surface area contributed by atoms with E-state index in [2.05, 4.69) is 16.4 Å². The highest BCUT2D eigenvalue weighted by molar-refractivity contribution is 5.98. The van der Waals surface area contributed by atoms with Crippen molar-refractivity contribution in [2.24, 2.45) is 5.92 Å². The summed E-state index contributed by atoms with van der Waals surface area (Å²) in [5.41, 5.74) is 3.14. The van der Waals surface area contributed by atoms with E-state index < -0.39 is 35.9 Å². The molecule has 0 spiro atoms. The zero-order chi connectivity index (χ0) is 26.5. The summed E-state index contributed by atoms with van der Waals surface area (Å²) in [6.45, 7) is 4.89. The number of fused-ring (bicyclic) bond motifs is 1. The summed E-state index contributed by atoms with van der Waals surface area (Å²) >= 11 is 0. The molecule has 1 heterocycles. The summed E-state index contributed by atoms with van der Waals surface area (Å²) in [5, 5.41) is 2.62. The van der Waals surface area contributed by atoms with Gasteiger partial charge in [0.15, 0.2) is 11.4 Å². The number of benzene rings is 2. The summed E-state index contributed by atoms with van der Waals surface area (Å²) in [4.78, 5) is 42.5. The quantitative estimate of drug-likeness (QED) is 0.463. The zero-order valence-corrected chi connectivity index (χ0v) is 21.3. The van der Waals surface area contributed by atoms with Gasteiger partial charge in [0.05, 0.1) is 13.0 Å². The molecule has 1 aliphatic rings. The Hall–Kier alpha value is -4.20. The number of ether oxygens (including phenoxy) is 3. The second-order valence-electron chi connectivity index (χ2n) is 9.23. The van der Waals surface area contributed by atoms with Gasteiger partial charge in [-0.25, -0.2) is 9.78 Å². The number of methoxy groups -OCH3 is 1. The van der Waals surface area contributed by atoms with Crippen molar-refractivity contribution in [3.8, 4) is 11.5 Å². The Balaban J connectivity index is 1.50. The largest absolute Gasteiger partial charge is 0.493 e. The van der Waals surface area contributed by atoms with Gasteiger partial charge in [-0.3, -0.25) is 9.59 Å². The summed E-state index contributed by atoms with van der Waals surface area (Å²) in [5.74, 6) is -2.26. The normalized spacial score (nSPS) is 17.0. The molecule has 3 aromatic rings. The predicted octanol–water partition coefficient (Wildman–Crippen LogP) is 4.07. The first-order chi connectivity index (χ1) is 17.8. The lowest BCUT2D eigenvalue weighted by molar-refractivity contribution is -0.151. The minimum Gasteiger partial charge on any atom is -0.493 e. The minimum absolute atomic E-state index is 0.0999. The number of esters is 2. The molecule has 0 fully saturated rings. The Morgan fingerprint density at radius 3 is 2.35 bits per heavy atom. The molecule has 1 aliphatic carbocycles. The van der Waals surface area contributed by atoms with Crippen LogP contribution in [0.2, 0.25) is 0 Å². The van der Waals surface area contributed by atoms with Crippen LogP contribution in [-0.2, 0) is 20.7 Å². The topological polar surface area (TPSA) is 104 Å². The molecule has 1 N–H and O–H groups in total. The average molecular weight is 503 g/mol. The number of rotatable bonds is 8. The highest BCUT2D eigenvalue weighted by atomic mass is 16.6. The van der Waals surface area contributed by atoms with E-state index in [4.69, 9.17) is 14.2 Å². The Kier molecular flexibility index (Phi) is 7.86. The molecule has 37 heavy (non-hydrogen) atoms. The first kappa shape index (κ1) is 25.9. The Bertz CT molecular complexity index is 1290. The maximum Gasteiger partial charge on any atom is 0.328 e. The van der Waals surface area contributed by atoms with Gasteiger partial charge >= 0.3 is 11.9 Å². The van der Waals surface area contributed by atoms with Crippen LogP contribution in [0.1, 0.15) is 53.9 Å². The van der Waals surface area contributed by atoms with Gasteiger partial charge in [0.2, 0.25) is 5.75 Å². The molecule has 2 aromatic carbocycles. The molecule has 1 amide bonds. The maximum absolute atomic E-state index is 13.1. The maximum atomic E-state index is 13.1. The number of nitrogens with zero attached hydrogens (tertiary/aromatic N) is 1. The van der Waals surface area contributed by atoms with E-state index in [1.54, 1.807) is 20.8 Å². The number of amides is 1. The second kappa shape index (κ2) is 11.2. The molecule has 3 atom stereocenters. The Morgan fingerprint density at radius 2 is 1.65 bits per heavy atom. The van der Waals surface area contributed by atoms with Crippen LogP contribution in [0, 0.1) is 5.92 Å². The van der Waals surface area contributed by atoms with Crippen LogP contribution in [0.15, 0.2) is 66.9 Å². The lowest BCUT2D eigenvalue weighted by Crippen LogP contribution is -2.42. The average Bonchev–Trinajstić information content (AvgIpc) is 3.26. The van der Waals surface area contributed by atoms with E-state index in [0.717, 1.165) is 16.7 Å². The summed E-state index contributed by atoms with van der Waals surface area (Å²) in [6, 6.07) is 18.5. The number of hydrogen-bond donors (Lipinski definition) is 1. The molecular weight excluding hydrogens is 472 g/mol. The molecule has 192 valence electrons. The number of aromatic nitrogens is 1. The molecule has 0 radical (unpaired) electrons. The summed E-state index contributed by atoms with van der Waals surface area (Å²) < 4.78 is 16.6. The van der Waals surface area contributed by atoms with Crippen molar-refractivity contribution in [2.75, 3.05) is 7.11 Å². The number of pyridine rings is 1. The third-order valence-electron chi connectivity index (χ3n) is 6.29. The van der Waals surface area contributed by atoms with Gasteiger partial charge < -0.3 is 19.5 Å². The van der Waals surface area contributed by atoms with Crippen molar-refractivity contribution in [2.45, 2.75) is 45.3 Å². The third kappa shape index (κ3) is 5.63. The van der Waals surface area contributed by atoms with E-state index in [-0.39, 0.29) is 23.1 Å². The molecule has 2 unspecified atom stereocenters. The van der Waals surface area contributed by atoms with Gasteiger partial charge in [-0.1, -0.05) is 68.4 Å². The second-order valence-corrected chi connectivity index (χ2v) is 9.23. The van der Waals surface area contributed by atoms with Crippen LogP contribution in [0.4, 0.5) is 0 Å². The molecule has 1 aromatic heterocycles. The standard InChI is InChI=1S/C29H30N2O6/c1-17(2)28(33)37-26-22(35-4)14-15-30-25(26)27(32)31-18(3)29(34)36-23-16-20-12-8-9-13-21(20)24(23)19-10-6-5-7-11-19/h5-15,17-18,23-24H,16H2,1-4H3,(H,31,32)/t18-,23?,24?/m0/s1. The predicted molar refractivity (Wildman–Crippen MR) is 137 cm³/mol. The van der Waals surface area contributed by atoms with E-state index in [1.807, 2.05) is 48.5 Å². The fourth-order valence-corrected chi connectivity index (χ4v) is 4.37. The number of nitrogens with one attached hydrogen (secondary N) is 1. The van der Waals surface area contributed by atoms with Crippen LogP contribution < -0.4 is 14.8 Å². The van der Waals surface area contributed by atoms with Gasteiger partial charge in [0, 0.05) is 24.6 Å². The van der Waals surface area contributed by atoms with Gasteiger partial charge in [-0.05, 0) is 23.6 Å². The summed E-state index contributed by atoms with van der Waals surface area (Å²) in [7, 11) is 1.40. The highest BCUT2D eigenvalue weighted by Gasteiger charge is 2.37. The van der Waals surface area contributed by atoms with Gasteiger partial charge in [0.1, 0.15) is 12.1 Å². The van der Waals surface area contributed by atoms with Crippen molar-refractivity contribution in [3.05, 3.63) is 89.2 Å². The van der Waals surface area contributed by atoms with Gasteiger partial charge in [-0.2, -0.15) is 0 Å². The van der Waals surface area contributed by atoms with Crippen molar-refractivity contribution in [1.82, 2.24) is 10.3 Å². The third-order valence-corrected chi connectivity index (χ3v) is 6.29. The lowest BCUT2D eigenvalue weighted by Gasteiger charge is -2.23. The Morgan fingerprint density at radius 1 is 0.946 bits per heavy atom. The smallest absolute Gasteiger partial charge is 0.328 e. The number of carbonyl (C=O) groups is 3. The number of hydrogen-bond acceptors (Lipinski definition) is 7. The first-order valence-electron chi connectivity index (χ1n) is 12.2. The van der Waals surface area contributed by atoms with Crippen LogP contribution >= 0.6 is 0 Å². The lowest BCUT2D eigenvalue weighted by atomic mass is 9.91. The monoisotopic (exact) mass is 502 g/mol. The van der Waals surface area contributed by atoms with Crippen molar-refractivity contribution in [1.29, 1.82) is 0 Å². The molecular formula is C29H30N2O6. The molecule has 8 heteroatoms. The van der Waals surface area contributed by atoms with Crippen LogP contribution in [0.3, 0.4) is 0 Å². The van der Waals surface area contributed by atoms with Gasteiger partial charge in [-0.15, -0.1) is 0 Å². The van der Waals surface area contributed by atoms with Crippen molar-refractivity contribution >= 4 is 17.8 Å². The molecule has 4 rings (SSSR count). The van der Waals surface area contributed by atoms with E-state index in [9.17, 15) is 14.4 Å². The van der Waals surface area contributed by atoms with Crippen molar-refractivity contribution < 1.29 is 28.6 Å². The molecule has 8 nitrogen and oxygen atoms in total. The molecule has 0 aliphatic heterocycles. The summed E-state index contributed by atoms with van der Waals surface area (Å²) in [6.07, 6.45) is 1.53. The van der Waals surface area contributed by atoms with E-state index in [0.29, 0.717) is 6.42 Å². The SMILES string of the molecule is COc1ccnc(C(=O)N[C@@H](C)C(=O)OC2Cc3ccccc3C2c2ccccc2)c1OC(=O)C(C)C. The van der Waals surface area contributed by atoms with Crippen molar-refractivity contribution in [3.63, 3.8) is 0 Å². The number of carbonyl (C=O) groups excluding carboxylic acids is 3. The zero-order valence-electron chi connectivity index (χ0n) is 21.3. The fourth-order valence-electron chi connectivity index (χ4n) is 4.37. The fraction of sp³-hybridized carbons (Fsp3) is 0.310. The Labute approximate surface area is 216 Å². The first-order valence-corrected chi connectivity index (χ1v) is 12.2. The molecule has 0 bridgehead atoms. The van der Waals surface area contributed by atoms with Crippen LogP contribution in [0.5, 0.6) is 11.5 Å². The minimum atomic E-state index is -0.978. The van der Waals surface area contributed by atoms with Crippen LogP contribution in [0.25, 0.3) is 0 Å². The van der Waals surface area contributed by atoms with Crippen LogP contribution in [-0.4, -0.2) is 42.1 Å². The van der Waals surface area contributed by atoms with E-state index in [1.165, 1.54) is 19.4 Å². The molecule has 0 saturated heterocycles. The van der Waals surface area contributed by atoms with Gasteiger partial charge in [0.25, 0.3) is 5.91 Å². The highest BCUT2D eigenvalue weighted by Crippen LogP contribution is 2.40. The van der Waals surface area contributed by atoms with E-state index >= 15 is 0 Å².